The lowest BCUT2D eigenvalue weighted by Gasteiger charge is -2.24. The van der Waals surface area contributed by atoms with E-state index in [1.165, 1.54) is 44.6 Å². The summed E-state index contributed by atoms with van der Waals surface area (Å²) in [7, 11) is 0. The van der Waals surface area contributed by atoms with Crippen LogP contribution in [0.3, 0.4) is 0 Å². The summed E-state index contributed by atoms with van der Waals surface area (Å²) >= 11 is 0. The SMILES string of the molecule is CCCCCCCCCCC(C)(O)c1ccccc1F. The predicted molar refractivity (Wildman–Crippen MR) is 83.2 cm³/mol. The first-order chi connectivity index (χ1) is 9.58. The Morgan fingerprint density at radius 1 is 0.950 bits per heavy atom. The molecule has 0 aromatic heterocycles. The lowest BCUT2D eigenvalue weighted by molar-refractivity contribution is 0.0412. The Bertz CT molecular complexity index is 373. The molecule has 0 aliphatic heterocycles. The van der Waals surface area contributed by atoms with Gasteiger partial charge < -0.3 is 5.11 Å². The third-order valence-corrected chi connectivity index (χ3v) is 3.97. The fraction of sp³-hybridized carbons (Fsp3) is 0.667. The molecule has 1 N–H and O–H groups in total. The van der Waals surface area contributed by atoms with Gasteiger partial charge in [0.15, 0.2) is 0 Å². The van der Waals surface area contributed by atoms with Crippen LogP contribution in [0.4, 0.5) is 4.39 Å². The van der Waals surface area contributed by atoms with E-state index >= 15 is 0 Å². The molecule has 1 unspecified atom stereocenters. The minimum Gasteiger partial charge on any atom is -0.385 e. The van der Waals surface area contributed by atoms with Crippen molar-refractivity contribution in [3.05, 3.63) is 35.6 Å². The van der Waals surface area contributed by atoms with Crippen LogP contribution in [0.25, 0.3) is 0 Å². The molecule has 0 aliphatic rings. The average molecular weight is 280 g/mol. The molecule has 2 heteroatoms. The summed E-state index contributed by atoms with van der Waals surface area (Å²) in [6.45, 7) is 3.94. The van der Waals surface area contributed by atoms with Crippen LogP contribution < -0.4 is 0 Å². The van der Waals surface area contributed by atoms with Crippen molar-refractivity contribution in [3.63, 3.8) is 0 Å². The molecule has 0 bridgehead atoms. The minimum atomic E-state index is -1.05. The number of unbranched alkanes of at least 4 members (excludes halogenated alkanes) is 7. The first-order valence-electron chi connectivity index (χ1n) is 8.05. The highest BCUT2D eigenvalue weighted by molar-refractivity contribution is 5.23. The largest absolute Gasteiger partial charge is 0.385 e. The molecule has 0 spiro atoms. The first-order valence-corrected chi connectivity index (χ1v) is 8.05. The van der Waals surface area contributed by atoms with Gasteiger partial charge in [0, 0.05) is 5.56 Å². The lowest BCUT2D eigenvalue weighted by Crippen LogP contribution is -2.22. The summed E-state index contributed by atoms with van der Waals surface area (Å²) in [5, 5.41) is 10.4. The van der Waals surface area contributed by atoms with Crippen LogP contribution in [0.1, 0.15) is 77.2 Å². The van der Waals surface area contributed by atoms with Gasteiger partial charge in [-0.3, -0.25) is 0 Å². The summed E-state index contributed by atoms with van der Waals surface area (Å²) < 4.78 is 13.7. The maximum atomic E-state index is 13.7. The Labute approximate surface area is 123 Å². The number of halogens is 1. The molecule has 0 aliphatic carbocycles. The first kappa shape index (κ1) is 17.2. The van der Waals surface area contributed by atoms with E-state index in [1.807, 2.05) is 0 Å². The van der Waals surface area contributed by atoms with Gasteiger partial charge in [-0.05, 0) is 19.4 Å². The van der Waals surface area contributed by atoms with Gasteiger partial charge in [-0.15, -0.1) is 0 Å². The van der Waals surface area contributed by atoms with Crippen LogP contribution in [0.15, 0.2) is 24.3 Å². The van der Waals surface area contributed by atoms with Crippen LogP contribution in [0.2, 0.25) is 0 Å². The number of benzene rings is 1. The number of hydrogen-bond donors (Lipinski definition) is 1. The second kappa shape index (κ2) is 9.12. The maximum absolute atomic E-state index is 13.7. The van der Waals surface area contributed by atoms with E-state index < -0.39 is 5.60 Å². The van der Waals surface area contributed by atoms with E-state index in [4.69, 9.17) is 0 Å². The molecular weight excluding hydrogens is 251 g/mol. The molecular formula is C18H29FO. The minimum absolute atomic E-state index is 0.308. The Morgan fingerprint density at radius 3 is 2.10 bits per heavy atom. The molecule has 20 heavy (non-hydrogen) atoms. The van der Waals surface area contributed by atoms with Crippen LogP contribution in [-0.4, -0.2) is 5.11 Å². The summed E-state index contributed by atoms with van der Waals surface area (Å²) in [5.74, 6) is -0.308. The fourth-order valence-electron chi connectivity index (χ4n) is 2.64. The van der Waals surface area contributed by atoms with Gasteiger partial charge in [0.1, 0.15) is 5.82 Å². The van der Waals surface area contributed by atoms with Gasteiger partial charge in [0.2, 0.25) is 0 Å². The monoisotopic (exact) mass is 280 g/mol. The average Bonchev–Trinajstić information content (AvgIpc) is 2.42. The molecule has 1 aromatic rings. The highest BCUT2D eigenvalue weighted by atomic mass is 19.1. The summed E-state index contributed by atoms with van der Waals surface area (Å²) in [6, 6.07) is 6.53. The van der Waals surface area contributed by atoms with E-state index in [-0.39, 0.29) is 5.82 Å². The van der Waals surface area contributed by atoms with Crippen molar-refractivity contribution in [2.45, 2.75) is 77.2 Å². The molecule has 0 fully saturated rings. The van der Waals surface area contributed by atoms with Gasteiger partial charge in [0.05, 0.1) is 5.60 Å². The normalized spacial score (nSPS) is 14.2. The third-order valence-electron chi connectivity index (χ3n) is 3.97. The van der Waals surface area contributed by atoms with Crippen molar-refractivity contribution in [1.82, 2.24) is 0 Å². The highest BCUT2D eigenvalue weighted by Crippen LogP contribution is 2.29. The van der Waals surface area contributed by atoms with Crippen molar-refractivity contribution >= 4 is 0 Å². The van der Waals surface area contributed by atoms with Crippen LogP contribution in [0.5, 0.6) is 0 Å². The molecule has 0 heterocycles. The third kappa shape index (κ3) is 6.04. The quantitative estimate of drug-likeness (QED) is 0.556. The Balaban J connectivity index is 2.22. The highest BCUT2D eigenvalue weighted by Gasteiger charge is 2.25. The second-order valence-electron chi connectivity index (χ2n) is 5.98. The topological polar surface area (TPSA) is 20.2 Å². The summed E-state index contributed by atoms with van der Waals surface area (Å²) in [6.07, 6.45) is 10.5. The smallest absolute Gasteiger partial charge is 0.129 e. The Morgan fingerprint density at radius 2 is 1.50 bits per heavy atom. The molecule has 1 rings (SSSR count). The van der Waals surface area contributed by atoms with Crippen molar-refractivity contribution in [2.75, 3.05) is 0 Å². The van der Waals surface area contributed by atoms with Gasteiger partial charge >= 0.3 is 0 Å². The van der Waals surface area contributed by atoms with Gasteiger partial charge in [0.25, 0.3) is 0 Å². The molecule has 0 saturated carbocycles. The van der Waals surface area contributed by atoms with Crippen molar-refractivity contribution in [1.29, 1.82) is 0 Å². The van der Waals surface area contributed by atoms with Crippen molar-refractivity contribution in [3.8, 4) is 0 Å². The zero-order valence-electron chi connectivity index (χ0n) is 13.0. The molecule has 114 valence electrons. The maximum Gasteiger partial charge on any atom is 0.129 e. The summed E-state index contributed by atoms with van der Waals surface area (Å²) in [5.41, 5.74) is -0.629. The molecule has 0 amide bonds. The molecule has 1 atom stereocenters. The Kier molecular flexibility index (Phi) is 7.83. The number of aliphatic hydroxyl groups is 1. The number of hydrogen-bond acceptors (Lipinski definition) is 1. The Hall–Kier alpha value is -0.890. The van der Waals surface area contributed by atoms with Gasteiger partial charge in [-0.2, -0.15) is 0 Å². The zero-order chi connectivity index (χ0) is 14.8. The van der Waals surface area contributed by atoms with Gasteiger partial charge in [-0.25, -0.2) is 4.39 Å². The molecule has 0 saturated heterocycles. The van der Waals surface area contributed by atoms with E-state index in [0.717, 1.165) is 12.8 Å². The number of rotatable bonds is 10. The zero-order valence-corrected chi connectivity index (χ0v) is 13.0. The predicted octanol–water partition coefficient (Wildman–Crippen LogP) is 5.56. The van der Waals surface area contributed by atoms with Crippen LogP contribution in [0, 0.1) is 5.82 Å². The van der Waals surface area contributed by atoms with Crippen LogP contribution >= 0.6 is 0 Å². The van der Waals surface area contributed by atoms with E-state index in [9.17, 15) is 9.50 Å². The molecule has 1 nitrogen and oxygen atoms in total. The summed E-state index contributed by atoms with van der Waals surface area (Å²) in [4.78, 5) is 0. The molecule has 1 aromatic carbocycles. The lowest BCUT2D eigenvalue weighted by atomic mass is 9.89. The van der Waals surface area contributed by atoms with E-state index in [1.54, 1.807) is 25.1 Å². The van der Waals surface area contributed by atoms with Crippen LogP contribution in [-0.2, 0) is 5.60 Å². The second-order valence-corrected chi connectivity index (χ2v) is 5.98. The fourth-order valence-corrected chi connectivity index (χ4v) is 2.64. The van der Waals surface area contributed by atoms with Crippen molar-refractivity contribution < 1.29 is 9.50 Å². The van der Waals surface area contributed by atoms with Crippen molar-refractivity contribution in [2.24, 2.45) is 0 Å². The van der Waals surface area contributed by atoms with E-state index in [2.05, 4.69) is 6.92 Å². The standard InChI is InChI=1S/C18H29FO/c1-3-4-5-6-7-8-9-12-15-18(2,20)16-13-10-11-14-17(16)19/h10-11,13-14,20H,3-9,12,15H2,1-2H3. The molecule has 0 radical (unpaired) electrons. The van der Waals surface area contributed by atoms with Gasteiger partial charge in [-0.1, -0.05) is 76.5 Å². The van der Waals surface area contributed by atoms with E-state index in [0.29, 0.717) is 12.0 Å².